The summed E-state index contributed by atoms with van der Waals surface area (Å²) in [6, 6.07) is 14.7. The first kappa shape index (κ1) is 21.0. The number of rotatable bonds is 8. The van der Waals surface area contributed by atoms with Crippen LogP contribution in [0.15, 0.2) is 48.5 Å². The van der Waals surface area contributed by atoms with Crippen LogP contribution in [0.25, 0.3) is 0 Å². The van der Waals surface area contributed by atoms with Gasteiger partial charge in [-0.2, -0.15) is 0 Å². The van der Waals surface area contributed by atoms with Gasteiger partial charge in [-0.25, -0.2) is 4.79 Å². The molecule has 29 heavy (non-hydrogen) atoms. The third-order valence-corrected chi connectivity index (χ3v) is 4.98. The molecule has 1 fully saturated rings. The molecule has 0 amide bonds. The van der Waals surface area contributed by atoms with Gasteiger partial charge >= 0.3 is 5.97 Å². The van der Waals surface area contributed by atoms with Crippen molar-refractivity contribution in [1.82, 2.24) is 4.90 Å². The van der Waals surface area contributed by atoms with Crippen molar-refractivity contribution in [2.45, 2.75) is 6.10 Å². The van der Waals surface area contributed by atoms with E-state index in [4.69, 9.17) is 9.47 Å². The lowest BCUT2D eigenvalue weighted by Crippen LogP contribution is -2.49. The number of aliphatic hydroxyl groups is 1. The van der Waals surface area contributed by atoms with Crippen molar-refractivity contribution in [3.63, 3.8) is 0 Å². The fourth-order valence-corrected chi connectivity index (χ4v) is 3.41. The number of piperazine rings is 1. The smallest absolute Gasteiger partial charge is 0.337 e. The topological polar surface area (TPSA) is 71.5 Å². The monoisotopic (exact) mass is 400 g/mol. The van der Waals surface area contributed by atoms with Crippen LogP contribution in [-0.2, 0) is 4.74 Å². The lowest BCUT2D eigenvalue weighted by atomic mass is 10.2. The summed E-state index contributed by atoms with van der Waals surface area (Å²) in [5.74, 6) is 1.11. The molecular formula is C22H28N2O5. The third-order valence-electron chi connectivity index (χ3n) is 4.98. The second kappa shape index (κ2) is 10.1. The second-order valence-electron chi connectivity index (χ2n) is 6.94. The Morgan fingerprint density at radius 3 is 2.38 bits per heavy atom. The molecule has 1 aliphatic heterocycles. The number of ether oxygens (including phenoxy) is 3. The highest BCUT2D eigenvalue weighted by atomic mass is 16.5. The van der Waals surface area contributed by atoms with Gasteiger partial charge in [0.1, 0.15) is 24.2 Å². The van der Waals surface area contributed by atoms with Gasteiger partial charge in [0.15, 0.2) is 0 Å². The van der Waals surface area contributed by atoms with E-state index in [0.717, 1.165) is 37.6 Å². The summed E-state index contributed by atoms with van der Waals surface area (Å²) in [6.45, 7) is 4.24. The average Bonchev–Trinajstić information content (AvgIpc) is 2.78. The van der Waals surface area contributed by atoms with Gasteiger partial charge in [-0.1, -0.05) is 12.1 Å². The molecule has 1 atom stereocenters. The Kier molecular flexibility index (Phi) is 7.32. The summed E-state index contributed by atoms with van der Waals surface area (Å²) in [4.78, 5) is 16.0. The Labute approximate surface area is 171 Å². The van der Waals surface area contributed by atoms with Gasteiger partial charge in [-0.05, 0) is 36.4 Å². The molecule has 1 aliphatic rings. The maximum atomic E-state index is 11.4. The number of aliphatic hydroxyl groups excluding tert-OH is 1. The summed E-state index contributed by atoms with van der Waals surface area (Å²) in [5.41, 5.74) is 1.57. The lowest BCUT2D eigenvalue weighted by molar-refractivity contribution is 0.0599. The Hall–Kier alpha value is -2.77. The lowest BCUT2D eigenvalue weighted by Gasteiger charge is -2.37. The SMILES string of the molecule is COC(=O)c1ccc(OC[C@H](O)CN2CCN(c3ccccc3OC)CC2)cc1. The summed E-state index contributed by atoms with van der Waals surface area (Å²) in [6.07, 6.45) is -0.590. The third kappa shape index (κ3) is 5.62. The van der Waals surface area contributed by atoms with Crippen LogP contribution in [0.3, 0.4) is 0 Å². The van der Waals surface area contributed by atoms with E-state index in [1.165, 1.54) is 7.11 Å². The van der Waals surface area contributed by atoms with E-state index in [-0.39, 0.29) is 12.6 Å². The zero-order valence-corrected chi connectivity index (χ0v) is 16.9. The molecule has 0 aromatic heterocycles. The van der Waals surface area contributed by atoms with Crippen molar-refractivity contribution in [2.24, 2.45) is 0 Å². The molecule has 0 saturated carbocycles. The quantitative estimate of drug-likeness (QED) is 0.680. The van der Waals surface area contributed by atoms with E-state index < -0.39 is 6.10 Å². The zero-order valence-electron chi connectivity index (χ0n) is 16.9. The fourth-order valence-electron chi connectivity index (χ4n) is 3.41. The number of para-hydroxylation sites is 2. The minimum atomic E-state index is -0.590. The average molecular weight is 400 g/mol. The fraction of sp³-hybridized carbons (Fsp3) is 0.409. The minimum absolute atomic E-state index is 0.199. The molecule has 0 spiro atoms. The Bertz CT molecular complexity index is 788. The van der Waals surface area contributed by atoms with Gasteiger partial charge < -0.3 is 24.2 Å². The normalized spacial score (nSPS) is 15.6. The predicted octanol–water partition coefficient (Wildman–Crippen LogP) is 2.04. The number of carbonyl (C=O) groups is 1. The molecule has 0 radical (unpaired) electrons. The summed E-state index contributed by atoms with van der Waals surface area (Å²) in [7, 11) is 3.04. The summed E-state index contributed by atoms with van der Waals surface area (Å²) < 4.78 is 15.8. The summed E-state index contributed by atoms with van der Waals surface area (Å²) in [5, 5.41) is 10.3. The predicted molar refractivity (Wildman–Crippen MR) is 111 cm³/mol. The first-order chi connectivity index (χ1) is 14.1. The van der Waals surface area contributed by atoms with E-state index in [0.29, 0.717) is 17.9 Å². The number of anilines is 1. The minimum Gasteiger partial charge on any atom is -0.495 e. The van der Waals surface area contributed by atoms with Gasteiger partial charge in [0.25, 0.3) is 0 Å². The molecule has 0 bridgehead atoms. The molecule has 1 N–H and O–H groups in total. The molecule has 3 rings (SSSR count). The number of hydrogen-bond acceptors (Lipinski definition) is 7. The van der Waals surface area contributed by atoms with E-state index in [9.17, 15) is 9.90 Å². The molecule has 156 valence electrons. The first-order valence-electron chi connectivity index (χ1n) is 9.70. The maximum Gasteiger partial charge on any atom is 0.337 e. The molecule has 1 saturated heterocycles. The molecular weight excluding hydrogens is 372 g/mol. The Morgan fingerprint density at radius 1 is 1.03 bits per heavy atom. The van der Waals surface area contributed by atoms with Crippen molar-refractivity contribution < 1.29 is 24.1 Å². The number of methoxy groups -OCH3 is 2. The number of carbonyl (C=O) groups excluding carboxylic acids is 1. The van der Waals surface area contributed by atoms with E-state index in [1.54, 1.807) is 31.4 Å². The summed E-state index contributed by atoms with van der Waals surface area (Å²) >= 11 is 0. The standard InChI is InChI=1S/C22H28N2O5/c1-27-21-6-4-3-5-20(21)24-13-11-23(12-14-24)15-18(25)16-29-19-9-7-17(8-10-19)22(26)28-2/h3-10,18,25H,11-16H2,1-2H3/t18-/m1/s1. The number of nitrogens with zero attached hydrogens (tertiary/aromatic N) is 2. The van der Waals surface area contributed by atoms with Crippen molar-refractivity contribution in [3.8, 4) is 11.5 Å². The van der Waals surface area contributed by atoms with Crippen LogP contribution in [0.1, 0.15) is 10.4 Å². The van der Waals surface area contributed by atoms with Crippen LogP contribution in [-0.4, -0.2) is 75.6 Å². The number of hydrogen-bond donors (Lipinski definition) is 1. The van der Waals surface area contributed by atoms with Crippen molar-refractivity contribution in [2.75, 3.05) is 58.5 Å². The van der Waals surface area contributed by atoms with E-state index in [2.05, 4.69) is 20.6 Å². The molecule has 1 heterocycles. The zero-order chi connectivity index (χ0) is 20.6. The Balaban J connectivity index is 1.43. The Morgan fingerprint density at radius 2 is 1.72 bits per heavy atom. The largest absolute Gasteiger partial charge is 0.495 e. The van der Waals surface area contributed by atoms with Gasteiger partial charge in [0.05, 0.1) is 25.5 Å². The van der Waals surface area contributed by atoms with Crippen molar-refractivity contribution in [1.29, 1.82) is 0 Å². The van der Waals surface area contributed by atoms with Crippen LogP contribution >= 0.6 is 0 Å². The number of esters is 1. The highest BCUT2D eigenvalue weighted by Crippen LogP contribution is 2.28. The van der Waals surface area contributed by atoms with Crippen LogP contribution in [0, 0.1) is 0 Å². The molecule has 2 aromatic carbocycles. The van der Waals surface area contributed by atoms with Crippen LogP contribution in [0.4, 0.5) is 5.69 Å². The maximum absolute atomic E-state index is 11.4. The van der Waals surface area contributed by atoms with Gasteiger partial charge in [-0.3, -0.25) is 4.90 Å². The molecule has 0 aliphatic carbocycles. The molecule has 7 nitrogen and oxygen atoms in total. The van der Waals surface area contributed by atoms with E-state index >= 15 is 0 Å². The first-order valence-corrected chi connectivity index (χ1v) is 9.70. The highest BCUT2D eigenvalue weighted by molar-refractivity contribution is 5.89. The van der Waals surface area contributed by atoms with Gasteiger partial charge in [0, 0.05) is 32.7 Å². The van der Waals surface area contributed by atoms with Crippen LogP contribution in [0.2, 0.25) is 0 Å². The molecule has 7 heteroatoms. The number of β-amino-alcohol motifs (C(OH)–C–C–N with tert-alkyl or cyclic N) is 1. The van der Waals surface area contributed by atoms with Gasteiger partial charge in [0.2, 0.25) is 0 Å². The number of benzene rings is 2. The molecule has 2 aromatic rings. The second-order valence-corrected chi connectivity index (χ2v) is 6.94. The molecule has 0 unspecified atom stereocenters. The highest BCUT2D eigenvalue weighted by Gasteiger charge is 2.21. The van der Waals surface area contributed by atoms with Crippen molar-refractivity contribution in [3.05, 3.63) is 54.1 Å². The van der Waals surface area contributed by atoms with Crippen LogP contribution in [0.5, 0.6) is 11.5 Å². The van der Waals surface area contributed by atoms with E-state index in [1.807, 2.05) is 18.2 Å². The van der Waals surface area contributed by atoms with Gasteiger partial charge in [-0.15, -0.1) is 0 Å². The van der Waals surface area contributed by atoms with Crippen LogP contribution < -0.4 is 14.4 Å². The van der Waals surface area contributed by atoms with Crippen molar-refractivity contribution >= 4 is 11.7 Å².